The Bertz CT molecular complexity index is 1050. The highest BCUT2D eigenvalue weighted by Crippen LogP contribution is 2.26. The summed E-state index contributed by atoms with van der Waals surface area (Å²) in [4.78, 5) is 12.8. The molecule has 1 heterocycles. The first-order valence-electron chi connectivity index (χ1n) is 21.1. The van der Waals surface area contributed by atoms with Crippen LogP contribution in [-0.2, 0) is 38.3 Å². The topological polar surface area (TPSA) is 178 Å². The molecule has 1 aliphatic rings. The van der Waals surface area contributed by atoms with Crippen molar-refractivity contribution >= 4 is 16.4 Å². The number of esters is 1. The Morgan fingerprint density at radius 2 is 1.22 bits per heavy atom. The van der Waals surface area contributed by atoms with Crippen molar-refractivity contribution in [2.75, 3.05) is 26.4 Å². The van der Waals surface area contributed by atoms with Crippen LogP contribution < -0.4 is 0 Å². The second-order valence-electron chi connectivity index (χ2n) is 14.6. The molecule has 4 N–H and O–H groups in total. The first-order chi connectivity index (χ1) is 26.1. The van der Waals surface area contributed by atoms with Gasteiger partial charge in [-0.25, -0.2) is 4.18 Å². The summed E-state index contributed by atoms with van der Waals surface area (Å²) in [6, 6.07) is 0. The molecular formula is C41H76O12S. The fraction of sp³-hybridized carbons (Fsp3) is 0.878. The van der Waals surface area contributed by atoms with Crippen molar-refractivity contribution in [2.45, 2.75) is 205 Å². The number of carbonyl (C=O) groups excluding carboxylic acids is 1. The van der Waals surface area contributed by atoms with Crippen LogP contribution in [0.25, 0.3) is 0 Å². The summed E-state index contributed by atoms with van der Waals surface area (Å²) in [5, 5.41) is 30.6. The van der Waals surface area contributed by atoms with Crippen LogP contribution in [0.15, 0.2) is 24.3 Å². The van der Waals surface area contributed by atoms with E-state index >= 15 is 0 Å². The smallest absolute Gasteiger partial charge is 0.397 e. The number of aliphatic hydroxyl groups is 3. The van der Waals surface area contributed by atoms with Crippen molar-refractivity contribution in [3.8, 4) is 0 Å². The van der Waals surface area contributed by atoms with Crippen LogP contribution in [-0.4, -0.2) is 97.5 Å². The second kappa shape index (κ2) is 33.7. The first kappa shape index (κ1) is 50.6. The zero-order valence-electron chi connectivity index (χ0n) is 33.5. The van der Waals surface area contributed by atoms with Crippen molar-refractivity contribution in [1.29, 1.82) is 0 Å². The maximum Gasteiger partial charge on any atom is 0.397 e. The summed E-state index contributed by atoms with van der Waals surface area (Å²) in [7, 11) is -5.06. The molecule has 54 heavy (non-hydrogen) atoms. The van der Waals surface area contributed by atoms with Crippen LogP contribution in [0.3, 0.4) is 0 Å². The van der Waals surface area contributed by atoms with Crippen LogP contribution in [0.4, 0.5) is 0 Å². The van der Waals surface area contributed by atoms with Crippen molar-refractivity contribution in [3.05, 3.63) is 24.3 Å². The molecule has 6 atom stereocenters. The number of rotatable bonds is 36. The molecule has 0 aromatic heterocycles. The first-order valence-corrected chi connectivity index (χ1v) is 22.5. The highest BCUT2D eigenvalue weighted by atomic mass is 32.3. The Morgan fingerprint density at radius 3 is 1.78 bits per heavy atom. The minimum atomic E-state index is -5.06. The summed E-state index contributed by atoms with van der Waals surface area (Å²) in [5.74, 6) is -0.412. The van der Waals surface area contributed by atoms with E-state index < -0.39 is 59.8 Å². The van der Waals surface area contributed by atoms with Gasteiger partial charge in [-0.3, -0.25) is 9.35 Å². The Balaban J connectivity index is 2.47. The second-order valence-corrected chi connectivity index (χ2v) is 15.6. The van der Waals surface area contributed by atoms with Gasteiger partial charge in [0.2, 0.25) is 0 Å². The lowest BCUT2D eigenvalue weighted by Gasteiger charge is -2.41. The molecule has 0 saturated carbocycles. The number of ether oxygens (including phenoxy) is 4. The predicted octanol–water partition coefficient (Wildman–Crippen LogP) is 8.07. The van der Waals surface area contributed by atoms with Crippen LogP contribution in [0, 0.1) is 0 Å². The number of allylic oxidation sites excluding steroid dienone is 4. The molecule has 1 rings (SSSR count). The van der Waals surface area contributed by atoms with E-state index in [0.29, 0.717) is 13.0 Å². The third-order valence-electron chi connectivity index (χ3n) is 9.58. The number of aliphatic hydroxyl groups excluding tert-OH is 3. The van der Waals surface area contributed by atoms with E-state index in [-0.39, 0.29) is 19.6 Å². The van der Waals surface area contributed by atoms with E-state index in [0.717, 1.165) is 57.8 Å². The summed E-state index contributed by atoms with van der Waals surface area (Å²) >= 11 is 0. The van der Waals surface area contributed by atoms with E-state index in [1.807, 2.05) is 0 Å². The summed E-state index contributed by atoms with van der Waals surface area (Å²) in [6.07, 6.45) is 26.4. The normalized spacial score (nSPS) is 21.3. The predicted molar refractivity (Wildman–Crippen MR) is 211 cm³/mol. The van der Waals surface area contributed by atoms with Gasteiger partial charge in [0, 0.05) is 13.0 Å². The fourth-order valence-electron chi connectivity index (χ4n) is 6.35. The fourth-order valence-corrected chi connectivity index (χ4v) is 6.86. The molecule has 0 radical (unpaired) electrons. The minimum absolute atomic E-state index is 0.0333. The number of hydrogen-bond donors (Lipinski definition) is 4. The summed E-state index contributed by atoms with van der Waals surface area (Å²) < 4.78 is 58.9. The molecule has 13 heteroatoms. The maximum absolute atomic E-state index is 12.8. The Morgan fingerprint density at radius 1 is 0.704 bits per heavy atom. The van der Waals surface area contributed by atoms with E-state index in [4.69, 9.17) is 23.5 Å². The third kappa shape index (κ3) is 27.2. The van der Waals surface area contributed by atoms with E-state index in [1.165, 1.54) is 83.5 Å². The molecule has 318 valence electrons. The molecule has 6 unspecified atom stereocenters. The zero-order chi connectivity index (χ0) is 39.7. The molecule has 0 amide bonds. The van der Waals surface area contributed by atoms with Crippen LogP contribution in [0.1, 0.15) is 168 Å². The van der Waals surface area contributed by atoms with Gasteiger partial charge in [0.25, 0.3) is 0 Å². The average Bonchev–Trinajstić information content (AvgIpc) is 3.14. The largest absolute Gasteiger partial charge is 0.457 e. The Labute approximate surface area is 327 Å². The lowest BCUT2D eigenvalue weighted by atomic mass is 9.99. The number of carbonyl (C=O) groups is 1. The van der Waals surface area contributed by atoms with Gasteiger partial charge >= 0.3 is 16.4 Å². The van der Waals surface area contributed by atoms with Gasteiger partial charge in [0.1, 0.15) is 30.5 Å². The number of unbranched alkanes of at least 4 members (excludes halogenated alkanes) is 19. The van der Waals surface area contributed by atoms with Crippen molar-refractivity contribution in [3.63, 3.8) is 0 Å². The van der Waals surface area contributed by atoms with Crippen molar-refractivity contribution in [1.82, 2.24) is 0 Å². The van der Waals surface area contributed by atoms with Gasteiger partial charge in [-0.05, 0) is 44.9 Å². The van der Waals surface area contributed by atoms with E-state index in [1.54, 1.807) is 0 Å². The summed E-state index contributed by atoms with van der Waals surface area (Å²) in [6.45, 7) is 3.94. The van der Waals surface area contributed by atoms with Crippen LogP contribution in [0.5, 0.6) is 0 Å². The highest BCUT2D eigenvalue weighted by molar-refractivity contribution is 7.80. The molecule has 0 aromatic rings. The quantitative estimate of drug-likeness (QED) is 0.0208. The van der Waals surface area contributed by atoms with Gasteiger partial charge in [0.15, 0.2) is 6.29 Å². The third-order valence-corrected chi connectivity index (χ3v) is 10.0. The van der Waals surface area contributed by atoms with Crippen molar-refractivity contribution < 1.29 is 56.2 Å². The van der Waals surface area contributed by atoms with Gasteiger partial charge in [-0.2, -0.15) is 8.42 Å². The SMILES string of the molecule is CCCCCC/C=C\C/C=C\CCCCCCCC(=O)OC(COCCCCCCCCCCCCC)COC1OC(CO)C(O)C(OS(=O)(=O)O)C1O. The molecule has 0 aromatic carbocycles. The zero-order valence-corrected chi connectivity index (χ0v) is 34.4. The minimum Gasteiger partial charge on any atom is -0.457 e. The maximum atomic E-state index is 12.8. The van der Waals surface area contributed by atoms with Crippen LogP contribution in [0.2, 0.25) is 0 Å². The van der Waals surface area contributed by atoms with Gasteiger partial charge in [-0.15, -0.1) is 0 Å². The van der Waals surface area contributed by atoms with E-state index in [9.17, 15) is 28.5 Å². The molecule has 12 nitrogen and oxygen atoms in total. The highest BCUT2D eigenvalue weighted by Gasteiger charge is 2.48. The van der Waals surface area contributed by atoms with Gasteiger partial charge in [-0.1, -0.05) is 141 Å². The lowest BCUT2D eigenvalue weighted by Crippen LogP contribution is -2.60. The molecule has 0 aliphatic carbocycles. The van der Waals surface area contributed by atoms with Crippen LogP contribution >= 0.6 is 0 Å². The van der Waals surface area contributed by atoms with Gasteiger partial charge < -0.3 is 34.3 Å². The molecular weight excluding hydrogens is 717 g/mol. The molecule has 0 spiro atoms. The average molecular weight is 793 g/mol. The van der Waals surface area contributed by atoms with Crippen molar-refractivity contribution in [2.24, 2.45) is 0 Å². The Kier molecular flexibility index (Phi) is 31.6. The molecule has 1 fully saturated rings. The molecule has 1 aliphatic heterocycles. The monoisotopic (exact) mass is 793 g/mol. The lowest BCUT2D eigenvalue weighted by molar-refractivity contribution is -0.301. The standard InChI is InChI=1S/C41H76O12S/c1-3-5-7-9-11-13-15-16-17-18-19-20-22-24-26-28-30-37(43)51-35(33-49-31-29-27-25-23-21-14-12-10-8-6-4-2)34-50-41-39(45)40(53-54(46,47)48)38(44)36(32-42)52-41/h13,15,17-18,35-36,38-42,44-45H,3-12,14,16,19-34H2,1-2H3,(H,46,47,48)/b15-13-,18-17-. The Hall–Kier alpha value is -1.42. The summed E-state index contributed by atoms with van der Waals surface area (Å²) in [5.41, 5.74) is 0. The molecule has 1 saturated heterocycles. The molecule has 0 bridgehead atoms. The number of hydrogen-bond acceptors (Lipinski definition) is 11. The van der Waals surface area contributed by atoms with Gasteiger partial charge in [0.05, 0.1) is 19.8 Å². The van der Waals surface area contributed by atoms with E-state index in [2.05, 4.69) is 42.3 Å².